The molecule has 5 heteroatoms. The van der Waals surface area contributed by atoms with E-state index in [1.165, 1.54) is 0 Å². The predicted octanol–water partition coefficient (Wildman–Crippen LogP) is 0.923. The van der Waals surface area contributed by atoms with Crippen LogP contribution < -0.4 is 10.6 Å². The second kappa shape index (κ2) is 4.76. The van der Waals surface area contributed by atoms with Crippen LogP contribution in [-0.4, -0.2) is 34.3 Å². The first-order chi connectivity index (χ1) is 7.40. The van der Waals surface area contributed by atoms with Gasteiger partial charge in [-0.1, -0.05) is 12.2 Å². The van der Waals surface area contributed by atoms with Crippen LogP contribution in [-0.2, 0) is 0 Å². The van der Waals surface area contributed by atoms with Crippen LogP contribution in [0.4, 0.5) is 5.82 Å². The van der Waals surface area contributed by atoms with E-state index in [-0.39, 0.29) is 6.61 Å². The number of likely N-dealkylation sites (N-methyl/N-ethyl adjacent to an activating group) is 1. The Morgan fingerprint density at radius 2 is 2.25 bits per heavy atom. The summed E-state index contributed by atoms with van der Waals surface area (Å²) < 4.78 is 0. The second-order valence-electron chi connectivity index (χ2n) is 4.27. The Morgan fingerprint density at radius 1 is 1.62 bits per heavy atom. The zero-order valence-electron chi connectivity index (χ0n) is 9.77. The van der Waals surface area contributed by atoms with Crippen LogP contribution in [0.1, 0.15) is 19.4 Å². The maximum Gasteiger partial charge on any atom is 0.139 e. The lowest BCUT2D eigenvalue weighted by Gasteiger charge is -2.35. The summed E-state index contributed by atoms with van der Waals surface area (Å²) in [5, 5.41) is 9.32. The Bertz CT molecular complexity index is 393. The quantitative estimate of drug-likeness (QED) is 0.765. The van der Waals surface area contributed by atoms with Gasteiger partial charge in [0.1, 0.15) is 10.8 Å². The molecule has 0 aromatic carbocycles. The van der Waals surface area contributed by atoms with Crippen LogP contribution >= 0.6 is 12.2 Å². The zero-order chi connectivity index (χ0) is 12.3. The molecule has 3 N–H and O–H groups in total. The third kappa shape index (κ3) is 2.48. The largest absolute Gasteiger partial charge is 0.394 e. The number of thiocarbonyl (C=S) groups is 1. The Kier molecular flexibility index (Phi) is 3.83. The predicted molar refractivity (Wildman–Crippen MR) is 69.7 cm³/mol. The summed E-state index contributed by atoms with van der Waals surface area (Å²) in [5.41, 5.74) is 5.95. The maximum absolute atomic E-state index is 9.32. The third-order valence-corrected chi connectivity index (χ3v) is 2.88. The molecule has 1 aromatic rings. The Labute approximate surface area is 101 Å². The van der Waals surface area contributed by atoms with E-state index < -0.39 is 5.54 Å². The number of nitrogens with two attached hydrogens (primary N) is 1. The average molecular weight is 239 g/mol. The van der Waals surface area contributed by atoms with Gasteiger partial charge in [0.25, 0.3) is 0 Å². The van der Waals surface area contributed by atoms with Crippen molar-refractivity contribution in [1.82, 2.24) is 4.98 Å². The number of aromatic nitrogens is 1. The van der Waals surface area contributed by atoms with Crippen LogP contribution in [0.5, 0.6) is 0 Å². The number of nitrogens with zero attached hydrogens (tertiary/aromatic N) is 2. The standard InChI is InChI=1S/C11H17N3OS/c1-11(2,7-15)14(3)10-8(9(12)16)5-4-6-13-10/h4-6,15H,7H2,1-3H3,(H2,12,16). The van der Waals surface area contributed by atoms with Crippen molar-refractivity contribution >= 4 is 23.0 Å². The molecule has 0 atom stereocenters. The zero-order valence-corrected chi connectivity index (χ0v) is 10.6. The molecule has 0 unspecified atom stereocenters. The normalized spacial score (nSPS) is 11.2. The molecule has 0 radical (unpaired) electrons. The maximum atomic E-state index is 9.32. The van der Waals surface area contributed by atoms with E-state index >= 15 is 0 Å². The molecular weight excluding hydrogens is 222 g/mol. The topological polar surface area (TPSA) is 62.4 Å². The van der Waals surface area contributed by atoms with Gasteiger partial charge in [-0.25, -0.2) is 4.98 Å². The van der Waals surface area contributed by atoms with Gasteiger partial charge in [0.15, 0.2) is 0 Å². The summed E-state index contributed by atoms with van der Waals surface area (Å²) >= 11 is 4.98. The van der Waals surface area contributed by atoms with Crippen LogP contribution in [0.3, 0.4) is 0 Å². The Balaban J connectivity index is 3.18. The van der Waals surface area contributed by atoms with E-state index in [1.54, 1.807) is 12.3 Å². The van der Waals surface area contributed by atoms with Crippen molar-refractivity contribution < 1.29 is 5.11 Å². The first-order valence-electron chi connectivity index (χ1n) is 4.99. The number of rotatable bonds is 4. The van der Waals surface area contributed by atoms with Gasteiger partial charge in [-0.05, 0) is 26.0 Å². The van der Waals surface area contributed by atoms with E-state index in [1.807, 2.05) is 31.9 Å². The van der Waals surface area contributed by atoms with Gasteiger partial charge in [0, 0.05) is 13.2 Å². The number of anilines is 1. The summed E-state index contributed by atoms with van der Waals surface area (Å²) in [4.78, 5) is 6.45. The molecule has 0 amide bonds. The molecule has 0 spiro atoms. The molecular formula is C11H17N3OS. The number of hydrogen-bond donors (Lipinski definition) is 2. The smallest absolute Gasteiger partial charge is 0.139 e. The van der Waals surface area contributed by atoms with Crippen molar-refractivity contribution in [3.05, 3.63) is 23.9 Å². The van der Waals surface area contributed by atoms with E-state index in [0.717, 1.165) is 5.56 Å². The lowest BCUT2D eigenvalue weighted by atomic mass is 10.0. The molecule has 1 rings (SSSR count). The number of hydrogen-bond acceptors (Lipinski definition) is 4. The van der Waals surface area contributed by atoms with Crippen LogP contribution in [0, 0.1) is 0 Å². The molecule has 0 aliphatic heterocycles. The fourth-order valence-corrected chi connectivity index (χ4v) is 1.41. The van der Waals surface area contributed by atoms with Crippen molar-refractivity contribution in [1.29, 1.82) is 0 Å². The highest BCUT2D eigenvalue weighted by molar-refractivity contribution is 7.80. The summed E-state index contributed by atoms with van der Waals surface area (Å²) in [6, 6.07) is 3.62. The van der Waals surface area contributed by atoms with Crippen LogP contribution in [0.15, 0.2) is 18.3 Å². The van der Waals surface area contributed by atoms with Gasteiger partial charge in [0.05, 0.1) is 17.7 Å². The fraction of sp³-hybridized carbons (Fsp3) is 0.455. The Morgan fingerprint density at radius 3 is 2.75 bits per heavy atom. The lowest BCUT2D eigenvalue weighted by Crippen LogP contribution is -2.45. The van der Waals surface area contributed by atoms with Gasteiger partial charge in [-0.2, -0.15) is 0 Å². The number of aliphatic hydroxyl groups is 1. The highest BCUT2D eigenvalue weighted by atomic mass is 32.1. The van der Waals surface area contributed by atoms with E-state index in [4.69, 9.17) is 18.0 Å². The fourth-order valence-electron chi connectivity index (χ4n) is 1.25. The van der Waals surface area contributed by atoms with Gasteiger partial charge in [-0.15, -0.1) is 0 Å². The van der Waals surface area contributed by atoms with E-state index in [9.17, 15) is 5.11 Å². The highest BCUT2D eigenvalue weighted by Crippen LogP contribution is 2.23. The van der Waals surface area contributed by atoms with Crippen molar-refractivity contribution in [2.24, 2.45) is 5.73 Å². The minimum absolute atomic E-state index is 0.0247. The van der Waals surface area contributed by atoms with Crippen molar-refractivity contribution in [2.45, 2.75) is 19.4 Å². The summed E-state index contributed by atoms with van der Waals surface area (Å²) in [6.07, 6.45) is 1.68. The third-order valence-electron chi connectivity index (χ3n) is 2.66. The number of aliphatic hydroxyl groups excluding tert-OH is 1. The highest BCUT2D eigenvalue weighted by Gasteiger charge is 2.25. The van der Waals surface area contributed by atoms with Gasteiger partial charge in [0.2, 0.25) is 0 Å². The molecule has 1 aromatic heterocycles. The van der Waals surface area contributed by atoms with Crippen LogP contribution in [0.25, 0.3) is 0 Å². The van der Waals surface area contributed by atoms with Crippen LogP contribution in [0.2, 0.25) is 0 Å². The molecule has 0 fully saturated rings. The molecule has 0 saturated heterocycles. The first kappa shape index (κ1) is 12.9. The molecule has 0 aliphatic carbocycles. The summed E-state index contributed by atoms with van der Waals surface area (Å²) in [5.74, 6) is 0.689. The molecule has 0 bridgehead atoms. The molecule has 1 heterocycles. The van der Waals surface area contributed by atoms with Gasteiger partial charge >= 0.3 is 0 Å². The van der Waals surface area contributed by atoms with Gasteiger partial charge in [-0.3, -0.25) is 0 Å². The average Bonchev–Trinajstić information content (AvgIpc) is 2.28. The lowest BCUT2D eigenvalue weighted by molar-refractivity contribution is 0.215. The van der Waals surface area contributed by atoms with Gasteiger partial charge < -0.3 is 15.7 Å². The molecule has 0 saturated carbocycles. The molecule has 0 aliphatic rings. The monoisotopic (exact) mass is 239 g/mol. The SMILES string of the molecule is CN(c1ncccc1C(N)=S)C(C)(C)CO. The van der Waals surface area contributed by atoms with Crippen molar-refractivity contribution in [2.75, 3.05) is 18.6 Å². The number of pyridine rings is 1. The first-order valence-corrected chi connectivity index (χ1v) is 5.40. The second-order valence-corrected chi connectivity index (χ2v) is 4.71. The van der Waals surface area contributed by atoms with E-state index in [0.29, 0.717) is 10.8 Å². The Hall–Kier alpha value is -1.20. The summed E-state index contributed by atoms with van der Waals surface area (Å²) in [6.45, 7) is 3.87. The molecule has 16 heavy (non-hydrogen) atoms. The minimum Gasteiger partial charge on any atom is -0.394 e. The van der Waals surface area contributed by atoms with Crippen molar-refractivity contribution in [3.63, 3.8) is 0 Å². The molecule has 4 nitrogen and oxygen atoms in total. The minimum atomic E-state index is -0.409. The van der Waals surface area contributed by atoms with Crippen molar-refractivity contribution in [3.8, 4) is 0 Å². The molecule has 88 valence electrons. The van der Waals surface area contributed by atoms with E-state index in [2.05, 4.69) is 4.98 Å². The summed E-state index contributed by atoms with van der Waals surface area (Å²) in [7, 11) is 1.86.